The van der Waals surface area contributed by atoms with E-state index < -0.39 is 0 Å². The van der Waals surface area contributed by atoms with E-state index >= 15 is 0 Å². The minimum Gasteiger partial charge on any atom is -0.261 e. The van der Waals surface area contributed by atoms with E-state index in [9.17, 15) is 0 Å². The van der Waals surface area contributed by atoms with Gasteiger partial charge < -0.3 is 0 Å². The van der Waals surface area contributed by atoms with E-state index in [4.69, 9.17) is 4.99 Å². The number of unbranched alkanes of at least 4 members (excludes halogenated alkanes) is 5. The Kier molecular flexibility index (Phi) is 8.34. The molecular formula is C20H33N. The quantitative estimate of drug-likeness (QED) is 0.342. The smallest absolute Gasteiger partial charge is 0.0694 e. The highest BCUT2D eigenvalue weighted by molar-refractivity contribution is 5.67. The maximum absolute atomic E-state index is 4.84. The molecule has 1 nitrogen and oxygen atoms in total. The number of hydrogen-bond donors (Lipinski definition) is 0. The topological polar surface area (TPSA) is 12.4 Å². The van der Waals surface area contributed by atoms with Gasteiger partial charge in [0, 0.05) is 6.21 Å². The van der Waals surface area contributed by atoms with Crippen molar-refractivity contribution in [2.45, 2.75) is 85.0 Å². The molecule has 1 aromatic rings. The molecule has 1 heteroatoms. The fourth-order valence-corrected chi connectivity index (χ4v) is 2.66. The molecule has 0 saturated heterocycles. The summed E-state index contributed by atoms with van der Waals surface area (Å²) in [5.74, 6) is 1.06. The van der Waals surface area contributed by atoms with Crippen LogP contribution in [0.4, 0.5) is 5.69 Å². The first-order chi connectivity index (χ1) is 10.1. The number of aliphatic imine (C=N–C) groups is 1. The third-order valence-electron chi connectivity index (χ3n) is 4.00. The van der Waals surface area contributed by atoms with Crippen molar-refractivity contribution in [3.05, 3.63) is 29.3 Å². The van der Waals surface area contributed by atoms with Gasteiger partial charge in [0.15, 0.2) is 0 Å². The van der Waals surface area contributed by atoms with Gasteiger partial charge in [-0.2, -0.15) is 0 Å². The summed E-state index contributed by atoms with van der Waals surface area (Å²) in [6.07, 6.45) is 9.89. The highest BCUT2D eigenvalue weighted by atomic mass is 14.7. The van der Waals surface area contributed by atoms with E-state index in [1.54, 1.807) is 0 Å². The molecule has 1 aromatic carbocycles. The zero-order valence-electron chi connectivity index (χ0n) is 14.7. The van der Waals surface area contributed by atoms with Gasteiger partial charge in [-0.1, -0.05) is 78.5 Å². The van der Waals surface area contributed by atoms with Crippen LogP contribution >= 0.6 is 0 Å². The lowest BCUT2D eigenvalue weighted by molar-refractivity contribution is 0.645. The van der Waals surface area contributed by atoms with Crippen LogP contribution in [-0.2, 0) is 0 Å². The maximum atomic E-state index is 4.84. The van der Waals surface area contributed by atoms with Gasteiger partial charge in [0.05, 0.1) is 5.69 Å². The Morgan fingerprint density at radius 1 is 0.905 bits per heavy atom. The van der Waals surface area contributed by atoms with Crippen LogP contribution in [0.25, 0.3) is 0 Å². The molecule has 0 atom stereocenters. The molecule has 0 heterocycles. The molecule has 0 radical (unpaired) electrons. The van der Waals surface area contributed by atoms with Crippen LogP contribution in [0.15, 0.2) is 23.2 Å². The average molecular weight is 287 g/mol. The second-order valence-electron chi connectivity index (χ2n) is 6.61. The average Bonchev–Trinajstić information content (AvgIpc) is 2.45. The van der Waals surface area contributed by atoms with Gasteiger partial charge in [-0.15, -0.1) is 0 Å². The maximum Gasteiger partial charge on any atom is 0.0694 e. The molecule has 0 spiro atoms. The normalized spacial score (nSPS) is 12.0. The van der Waals surface area contributed by atoms with Crippen LogP contribution in [0.3, 0.4) is 0 Å². The van der Waals surface area contributed by atoms with Crippen molar-refractivity contribution in [1.82, 2.24) is 0 Å². The van der Waals surface area contributed by atoms with Crippen LogP contribution in [-0.4, -0.2) is 6.21 Å². The predicted octanol–water partition coefficient (Wildman–Crippen LogP) is 7.00. The molecule has 0 fully saturated rings. The van der Waals surface area contributed by atoms with Crippen molar-refractivity contribution >= 4 is 11.9 Å². The molecular weight excluding hydrogens is 254 g/mol. The molecule has 118 valence electrons. The third kappa shape index (κ3) is 6.03. The molecule has 21 heavy (non-hydrogen) atoms. The molecule has 0 saturated carbocycles. The largest absolute Gasteiger partial charge is 0.261 e. The van der Waals surface area contributed by atoms with E-state index in [1.165, 1.54) is 48.9 Å². The number of hydrogen-bond acceptors (Lipinski definition) is 1. The fraction of sp³-hybridized carbons (Fsp3) is 0.650. The minimum absolute atomic E-state index is 0.528. The summed E-state index contributed by atoms with van der Waals surface area (Å²) in [5.41, 5.74) is 3.97. The Bertz CT molecular complexity index is 403. The number of para-hydroxylation sites is 1. The molecule has 0 aromatic heterocycles. The predicted molar refractivity (Wildman–Crippen MR) is 96.1 cm³/mol. The van der Waals surface area contributed by atoms with Gasteiger partial charge in [0.25, 0.3) is 0 Å². The Morgan fingerprint density at radius 3 is 2.00 bits per heavy atom. The van der Waals surface area contributed by atoms with Crippen LogP contribution < -0.4 is 0 Å². The zero-order valence-corrected chi connectivity index (χ0v) is 14.7. The summed E-state index contributed by atoms with van der Waals surface area (Å²) >= 11 is 0. The van der Waals surface area contributed by atoms with Crippen molar-refractivity contribution in [2.75, 3.05) is 0 Å². The van der Waals surface area contributed by atoms with Crippen LogP contribution in [0.1, 0.15) is 96.1 Å². The lowest BCUT2D eigenvalue weighted by Crippen LogP contribution is -1.95. The summed E-state index contributed by atoms with van der Waals surface area (Å²) in [5, 5.41) is 0. The molecule has 0 bridgehead atoms. The summed E-state index contributed by atoms with van der Waals surface area (Å²) in [4.78, 5) is 4.84. The summed E-state index contributed by atoms with van der Waals surface area (Å²) in [6.45, 7) is 11.3. The van der Waals surface area contributed by atoms with Gasteiger partial charge in [-0.05, 0) is 35.8 Å². The van der Waals surface area contributed by atoms with Crippen LogP contribution in [0.2, 0.25) is 0 Å². The zero-order chi connectivity index (χ0) is 15.7. The third-order valence-corrected chi connectivity index (χ3v) is 4.00. The first-order valence-electron chi connectivity index (χ1n) is 8.73. The Balaban J connectivity index is 2.71. The standard InChI is InChI=1S/C20H33N/c1-6-7-8-9-10-11-15-21-20-18(16(2)3)13-12-14-19(20)17(4)5/h12-17H,6-11H2,1-5H3. The summed E-state index contributed by atoms with van der Waals surface area (Å²) in [6, 6.07) is 6.63. The lowest BCUT2D eigenvalue weighted by atomic mass is 9.93. The highest BCUT2D eigenvalue weighted by Crippen LogP contribution is 2.34. The van der Waals surface area contributed by atoms with Gasteiger partial charge in [0.2, 0.25) is 0 Å². The Morgan fingerprint density at radius 2 is 1.48 bits per heavy atom. The van der Waals surface area contributed by atoms with Crippen molar-refractivity contribution in [3.63, 3.8) is 0 Å². The van der Waals surface area contributed by atoms with E-state index in [1.807, 2.05) is 0 Å². The molecule has 0 unspecified atom stereocenters. The molecule has 0 aliphatic carbocycles. The molecule has 0 aliphatic heterocycles. The highest BCUT2D eigenvalue weighted by Gasteiger charge is 2.12. The number of benzene rings is 1. The van der Waals surface area contributed by atoms with Gasteiger partial charge in [-0.3, -0.25) is 4.99 Å². The second kappa shape index (κ2) is 9.76. The lowest BCUT2D eigenvalue weighted by Gasteiger charge is -2.16. The van der Waals surface area contributed by atoms with E-state index in [0.717, 1.165) is 6.42 Å². The minimum atomic E-state index is 0.528. The van der Waals surface area contributed by atoms with E-state index in [0.29, 0.717) is 11.8 Å². The molecule has 0 amide bonds. The summed E-state index contributed by atoms with van der Waals surface area (Å²) in [7, 11) is 0. The van der Waals surface area contributed by atoms with Crippen molar-refractivity contribution in [3.8, 4) is 0 Å². The first-order valence-corrected chi connectivity index (χ1v) is 8.73. The van der Waals surface area contributed by atoms with E-state index in [-0.39, 0.29) is 0 Å². The van der Waals surface area contributed by atoms with Gasteiger partial charge in [0.1, 0.15) is 0 Å². The number of nitrogens with zero attached hydrogens (tertiary/aromatic N) is 1. The SMILES string of the molecule is CCCCCCCC=Nc1c(C(C)C)cccc1C(C)C. The summed E-state index contributed by atoms with van der Waals surface area (Å²) < 4.78 is 0. The molecule has 1 rings (SSSR count). The van der Waals surface area contributed by atoms with Crippen molar-refractivity contribution in [2.24, 2.45) is 4.99 Å². The fourth-order valence-electron chi connectivity index (χ4n) is 2.66. The number of rotatable bonds is 9. The second-order valence-corrected chi connectivity index (χ2v) is 6.61. The Labute approximate surface area is 131 Å². The van der Waals surface area contributed by atoms with Gasteiger partial charge in [-0.25, -0.2) is 0 Å². The van der Waals surface area contributed by atoms with Gasteiger partial charge >= 0.3 is 0 Å². The molecule has 0 N–H and O–H groups in total. The van der Waals surface area contributed by atoms with Crippen molar-refractivity contribution < 1.29 is 0 Å². The van der Waals surface area contributed by atoms with Crippen molar-refractivity contribution in [1.29, 1.82) is 0 Å². The monoisotopic (exact) mass is 287 g/mol. The van der Waals surface area contributed by atoms with E-state index in [2.05, 4.69) is 59.0 Å². The Hall–Kier alpha value is -1.11. The first kappa shape index (κ1) is 17.9. The van der Waals surface area contributed by atoms with Crippen LogP contribution in [0, 0.1) is 0 Å². The van der Waals surface area contributed by atoms with Crippen LogP contribution in [0.5, 0.6) is 0 Å². The molecule has 0 aliphatic rings.